The summed E-state index contributed by atoms with van der Waals surface area (Å²) in [6.45, 7) is 0. The summed E-state index contributed by atoms with van der Waals surface area (Å²) in [5.41, 5.74) is 5.68. The van der Waals surface area contributed by atoms with Crippen molar-refractivity contribution in [1.82, 2.24) is 0 Å². The van der Waals surface area contributed by atoms with Crippen LogP contribution in [0.4, 0.5) is 5.69 Å². The normalized spacial score (nSPS) is 11.1. The molecule has 2 aromatic carbocycles. The molecule has 0 heterocycles. The number of amides is 1. The highest BCUT2D eigenvalue weighted by molar-refractivity contribution is 9.10. The first-order chi connectivity index (χ1) is 9.85. The molecule has 5 nitrogen and oxygen atoms in total. The minimum absolute atomic E-state index is 0.117. The van der Waals surface area contributed by atoms with Crippen molar-refractivity contribution in [3.63, 3.8) is 0 Å². The molecule has 1 amide bonds. The Morgan fingerprint density at radius 1 is 1.10 bits per heavy atom. The molecule has 0 aliphatic carbocycles. The molecule has 0 saturated heterocycles. The van der Waals surface area contributed by atoms with E-state index in [9.17, 15) is 13.2 Å². The first kappa shape index (κ1) is 15.5. The zero-order valence-electron chi connectivity index (χ0n) is 11.2. The van der Waals surface area contributed by atoms with Crippen LogP contribution in [0.25, 0.3) is 0 Å². The average molecular weight is 369 g/mol. The first-order valence-electron chi connectivity index (χ1n) is 5.98. The van der Waals surface area contributed by atoms with Gasteiger partial charge in [0.25, 0.3) is 15.9 Å². The second-order valence-corrected chi connectivity index (χ2v) is 7.08. The van der Waals surface area contributed by atoms with Crippen molar-refractivity contribution in [2.75, 3.05) is 11.4 Å². The Kier molecular flexibility index (Phi) is 4.34. The molecule has 0 saturated carbocycles. The number of anilines is 1. The molecular formula is C14H13BrN2O3S. The maximum absolute atomic E-state index is 12.7. The molecule has 2 aromatic rings. The van der Waals surface area contributed by atoms with Crippen molar-refractivity contribution in [3.8, 4) is 0 Å². The number of halogens is 1. The van der Waals surface area contributed by atoms with Crippen LogP contribution in [0, 0.1) is 0 Å². The van der Waals surface area contributed by atoms with E-state index in [0.29, 0.717) is 4.47 Å². The van der Waals surface area contributed by atoms with Gasteiger partial charge in [0.05, 0.1) is 11.3 Å². The number of carbonyl (C=O) groups is 1. The van der Waals surface area contributed by atoms with Gasteiger partial charge < -0.3 is 5.73 Å². The van der Waals surface area contributed by atoms with E-state index in [1.807, 2.05) is 0 Å². The van der Waals surface area contributed by atoms with Gasteiger partial charge >= 0.3 is 0 Å². The van der Waals surface area contributed by atoms with E-state index in [0.717, 1.165) is 4.31 Å². The van der Waals surface area contributed by atoms with Crippen molar-refractivity contribution in [2.24, 2.45) is 5.73 Å². The second-order valence-electron chi connectivity index (χ2n) is 4.28. The van der Waals surface area contributed by atoms with E-state index >= 15 is 0 Å². The van der Waals surface area contributed by atoms with Gasteiger partial charge in [-0.25, -0.2) is 8.42 Å². The third-order valence-corrected chi connectivity index (χ3v) is 5.77. The number of nitrogens with zero attached hydrogens (tertiary/aromatic N) is 1. The van der Waals surface area contributed by atoms with Gasteiger partial charge in [-0.2, -0.15) is 0 Å². The van der Waals surface area contributed by atoms with Crippen molar-refractivity contribution in [2.45, 2.75) is 4.90 Å². The van der Waals surface area contributed by atoms with Crippen LogP contribution in [-0.2, 0) is 10.0 Å². The Labute approximate surface area is 131 Å². The number of benzene rings is 2. The second kappa shape index (κ2) is 5.87. The molecule has 2 rings (SSSR count). The molecule has 0 fully saturated rings. The van der Waals surface area contributed by atoms with Crippen molar-refractivity contribution in [3.05, 3.63) is 58.6 Å². The molecular weight excluding hydrogens is 356 g/mol. The number of para-hydroxylation sites is 1. The summed E-state index contributed by atoms with van der Waals surface area (Å²) < 4.78 is 26.8. The van der Waals surface area contributed by atoms with Gasteiger partial charge in [-0.1, -0.05) is 24.3 Å². The lowest BCUT2D eigenvalue weighted by molar-refractivity contribution is 0.100. The molecule has 0 atom stereocenters. The minimum atomic E-state index is -3.80. The van der Waals surface area contributed by atoms with Gasteiger partial charge in [0, 0.05) is 11.5 Å². The van der Waals surface area contributed by atoms with Crippen LogP contribution < -0.4 is 10.0 Å². The van der Waals surface area contributed by atoms with Crippen molar-refractivity contribution < 1.29 is 13.2 Å². The predicted octanol–water partition coefficient (Wildman–Crippen LogP) is 2.37. The lowest BCUT2D eigenvalue weighted by Crippen LogP contribution is -2.29. The van der Waals surface area contributed by atoms with Crippen LogP contribution in [-0.4, -0.2) is 21.4 Å². The first-order valence-corrected chi connectivity index (χ1v) is 8.21. The molecule has 0 aliphatic rings. The highest BCUT2D eigenvalue weighted by Gasteiger charge is 2.25. The van der Waals surface area contributed by atoms with Crippen LogP contribution >= 0.6 is 15.9 Å². The van der Waals surface area contributed by atoms with E-state index in [1.54, 1.807) is 30.3 Å². The number of carbonyl (C=O) groups excluding carboxylic acids is 1. The number of hydrogen-bond acceptors (Lipinski definition) is 3. The monoisotopic (exact) mass is 368 g/mol. The Morgan fingerprint density at radius 3 is 2.29 bits per heavy atom. The van der Waals surface area contributed by atoms with Crippen LogP contribution in [0.15, 0.2) is 57.9 Å². The SMILES string of the molecule is CN(c1ccccc1C(N)=O)S(=O)(=O)c1ccccc1Br. The minimum Gasteiger partial charge on any atom is -0.366 e. The Bertz CT molecular complexity index is 790. The molecule has 2 N–H and O–H groups in total. The van der Waals surface area contributed by atoms with Gasteiger partial charge in [0.2, 0.25) is 0 Å². The summed E-state index contributed by atoms with van der Waals surface area (Å²) in [7, 11) is -2.41. The molecule has 21 heavy (non-hydrogen) atoms. The molecule has 0 radical (unpaired) electrons. The van der Waals surface area contributed by atoms with Crippen LogP contribution in [0.1, 0.15) is 10.4 Å². The summed E-state index contributed by atoms with van der Waals surface area (Å²) in [5, 5.41) is 0. The lowest BCUT2D eigenvalue weighted by atomic mass is 10.2. The standard InChI is InChI=1S/C14H13BrN2O3S/c1-17(12-8-4-2-6-10(12)14(16)18)21(19,20)13-9-5-3-7-11(13)15/h2-9H,1H3,(H2,16,18). The van der Waals surface area contributed by atoms with E-state index in [4.69, 9.17) is 5.73 Å². The predicted molar refractivity (Wildman–Crippen MR) is 84.7 cm³/mol. The molecule has 0 spiro atoms. The van der Waals surface area contributed by atoms with Crippen molar-refractivity contribution in [1.29, 1.82) is 0 Å². The summed E-state index contributed by atoms with van der Waals surface area (Å²) in [5.74, 6) is -0.681. The number of nitrogens with two attached hydrogens (primary N) is 1. The van der Waals surface area contributed by atoms with Crippen molar-refractivity contribution >= 4 is 37.5 Å². The Morgan fingerprint density at radius 2 is 1.67 bits per heavy atom. The van der Waals surface area contributed by atoms with Gasteiger partial charge in [-0.3, -0.25) is 9.10 Å². The molecule has 0 bridgehead atoms. The topological polar surface area (TPSA) is 80.5 Å². The van der Waals surface area contributed by atoms with Crippen LogP contribution in [0.5, 0.6) is 0 Å². The molecule has 0 unspecified atom stereocenters. The van der Waals surface area contributed by atoms with Gasteiger partial charge in [0.1, 0.15) is 4.90 Å². The number of primary amides is 1. The van der Waals surface area contributed by atoms with E-state index < -0.39 is 15.9 Å². The molecule has 7 heteroatoms. The molecule has 110 valence electrons. The summed E-state index contributed by atoms with van der Waals surface area (Å²) in [4.78, 5) is 11.6. The van der Waals surface area contributed by atoms with Gasteiger partial charge in [0.15, 0.2) is 0 Å². The summed E-state index contributed by atoms with van der Waals surface area (Å²) in [6.07, 6.45) is 0. The van der Waals surface area contributed by atoms with E-state index in [1.165, 1.54) is 25.2 Å². The zero-order valence-corrected chi connectivity index (χ0v) is 13.6. The average Bonchev–Trinajstić information content (AvgIpc) is 2.46. The van der Waals surface area contributed by atoms with Crippen LogP contribution in [0.3, 0.4) is 0 Å². The Hall–Kier alpha value is -1.86. The van der Waals surface area contributed by atoms with Crippen LogP contribution in [0.2, 0.25) is 0 Å². The maximum Gasteiger partial charge on any atom is 0.265 e. The fourth-order valence-electron chi connectivity index (χ4n) is 1.89. The fraction of sp³-hybridized carbons (Fsp3) is 0.0714. The smallest absolute Gasteiger partial charge is 0.265 e. The summed E-state index contributed by atoms with van der Waals surface area (Å²) >= 11 is 3.22. The molecule has 0 aromatic heterocycles. The highest BCUT2D eigenvalue weighted by Crippen LogP contribution is 2.29. The number of hydrogen-bond donors (Lipinski definition) is 1. The highest BCUT2D eigenvalue weighted by atomic mass is 79.9. The van der Waals surface area contributed by atoms with Gasteiger partial charge in [-0.15, -0.1) is 0 Å². The zero-order chi connectivity index (χ0) is 15.6. The molecule has 0 aliphatic heterocycles. The third kappa shape index (κ3) is 2.93. The Balaban J connectivity index is 2.57. The lowest BCUT2D eigenvalue weighted by Gasteiger charge is -2.22. The maximum atomic E-state index is 12.7. The fourth-order valence-corrected chi connectivity index (χ4v) is 4.06. The van der Waals surface area contributed by atoms with E-state index in [-0.39, 0.29) is 16.1 Å². The summed E-state index contributed by atoms with van der Waals surface area (Å²) in [6, 6.07) is 12.8. The number of sulfonamides is 1. The number of rotatable bonds is 4. The van der Waals surface area contributed by atoms with Gasteiger partial charge in [-0.05, 0) is 40.2 Å². The quantitative estimate of drug-likeness (QED) is 0.899. The van der Waals surface area contributed by atoms with E-state index in [2.05, 4.69) is 15.9 Å². The third-order valence-electron chi connectivity index (χ3n) is 2.98. The largest absolute Gasteiger partial charge is 0.366 e.